The molecule has 24 heavy (non-hydrogen) atoms. The van der Waals surface area contributed by atoms with Crippen LogP contribution in [-0.2, 0) is 12.8 Å². The van der Waals surface area contributed by atoms with Gasteiger partial charge in [-0.3, -0.25) is 0 Å². The van der Waals surface area contributed by atoms with E-state index in [1.807, 2.05) is 18.2 Å². The number of phenols is 1. The Balaban J connectivity index is 1.90. The number of aromatic hydroxyl groups is 1. The minimum atomic E-state index is -4.14. The second-order valence-electron chi connectivity index (χ2n) is 6.21. The van der Waals surface area contributed by atoms with E-state index in [4.69, 9.17) is 0 Å². The molecule has 0 saturated carbocycles. The van der Waals surface area contributed by atoms with E-state index in [0.29, 0.717) is 11.5 Å². The van der Waals surface area contributed by atoms with Gasteiger partial charge in [-0.15, -0.1) is 6.58 Å². The molecule has 0 fully saturated rings. The van der Waals surface area contributed by atoms with Gasteiger partial charge in [0.1, 0.15) is 5.75 Å². The van der Waals surface area contributed by atoms with Crippen LogP contribution in [0.4, 0.5) is 13.2 Å². The second-order valence-corrected chi connectivity index (χ2v) is 6.21. The molecule has 0 heterocycles. The van der Waals surface area contributed by atoms with Crippen molar-refractivity contribution in [3.8, 4) is 5.75 Å². The smallest absolute Gasteiger partial charge is 0.389 e. The van der Waals surface area contributed by atoms with E-state index in [9.17, 15) is 18.3 Å². The third-order valence-electron chi connectivity index (χ3n) is 4.27. The first-order chi connectivity index (χ1) is 11.4. The molecular formula is C20H23F3O. The second kappa shape index (κ2) is 8.22. The van der Waals surface area contributed by atoms with Crippen molar-refractivity contribution in [2.24, 2.45) is 5.92 Å². The summed E-state index contributed by atoms with van der Waals surface area (Å²) in [6.45, 7) is 3.79. The number of hydrogen-bond donors (Lipinski definition) is 1. The van der Waals surface area contributed by atoms with E-state index in [1.54, 1.807) is 6.07 Å². The number of halogens is 3. The minimum absolute atomic E-state index is 0.00263. The summed E-state index contributed by atoms with van der Waals surface area (Å²) in [6, 6.07) is 5.24. The van der Waals surface area contributed by atoms with Crippen molar-refractivity contribution in [3.63, 3.8) is 0 Å². The number of phenolic OH excluding ortho intramolecular Hbond substituents is 1. The maximum Gasteiger partial charge on any atom is 0.389 e. The lowest BCUT2D eigenvalue weighted by Crippen LogP contribution is -2.07. The Morgan fingerprint density at radius 1 is 1.21 bits per heavy atom. The van der Waals surface area contributed by atoms with Crippen LogP contribution in [0.25, 0.3) is 0 Å². The van der Waals surface area contributed by atoms with Gasteiger partial charge >= 0.3 is 6.18 Å². The zero-order valence-corrected chi connectivity index (χ0v) is 13.6. The number of allylic oxidation sites excluding steroid dienone is 5. The van der Waals surface area contributed by atoms with E-state index in [0.717, 1.165) is 24.8 Å². The molecule has 0 saturated heterocycles. The van der Waals surface area contributed by atoms with Crippen LogP contribution in [-0.4, -0.2) is 11.3 Å². The fourth-order valence-corrected chi connectivity index (χ4v) is 2.80. The zero-order valence-electron chi connectivity index (χ0n) is 13.6. The van der Waals surface area contributed by atoms with E-state index in [1.165, 1.54) is 5.57 Å². The van der Waals surface area contributed by atoms with Gasteiger partial charge in [0.15, 0.2) is 0 Å². The molecule has 0 aliphatic heterocycles. The van der Waals surface area contributed by atoms with Crippen molar-refractivity contribution < 1.29 is 18.3 Å². The third kappa shape index (κ3) is 5.91. The molecule has 1 aliphatic rings. The zero-order chi connectivity index (χ0) is 17.6. The first-order valence-electron chi connectivity index (χ1n) is 8.24. The van der Waals surface area contributed by atoms with Gasteiger partial charge in [-0.2, -0.15) is 13.2 Å². The standard InChI is InChI=1S/C20H23F3O/c1-2-15-5-7-16(8-6-15)9-10-17-11-12-19(24)18(14-17)4-3-13-20(21,22)23/h2,5,7-8,11-12,14-15,24H,1,3-4,6,9-10,13H2. The summed E-state index contributed by atoms with van der Waals surface area (Å²) in [7, 11) is 0. The molecule has 1 atom stereocenters. The molecular weight excluding hydrogens is 313 g/mol. The topological polar surface area (TPSA) is 20.2 Å². The Morgan fingerprint density at radius 3 is 2.62 bits per heavy atom. The van der Waals surface area contributed by atoms with Crippen LogP contribution in [0.15, 0.2) is 54.7 Å². The van der Waals surface area contributed by atoms with Gasteiger partial charge in [-0.05, 0) is 55.2 Å². The number of hydrogen-bond acceptors (Lipinski definition) is 1. The first-order valence-corrected chi connectivity index (χ1v) is 8.24. The molecule has 1 nitrogen and oxygen atoms in total. The molecule has 1 N–H and O–H groups in total. The Labute approximate surface area is 141 Å². The normalized spacial score (nSPS) is 17.6. The molecule has 0 bridgehead atoms. The van der Waals surface area contributed by atoms with Crippen molar-refractivity contribution in [1.29, 1.82) is 0 Å². The van der Waals surface area contributed by atoms with Crippen LogP contribution in [0.2, 0.25) is 0 Å². The molecule has 2 rings (SSSR count). The summed E-state index contributed by atoms with van der Waals surface area (Å²) in [5, 5.41) is 9.82. The maximum absolute atomic E-state index is 12.2. The molecule has 1 aromatic rings. The largest absolute Gasteiger partial charge is 0.508 e. The van der Waals surface area contributed by atoms with E-state index in [-0.39, 0.29) is 18.6 Å². The minimum Gasteiger partial charge on any atom is -0.508 e. The lowest BCUT2D eigenvalue weighted by molar-refractivity contribution is -0.135. The van der Waals surface area contributed by atoms with Crippen LogP contribution < -0.4 is 0 Å². The van der Waals surface area contributed by atoms with Crippen molar-refractivity contribution >= 4 is 0 Å². The van der Waals surface area contributed by atoms with Crippen molar-refractivity contribution in [3.05, 3.63) is 65.8 Å². The van der Waals surface area contributed by atoms with E-state index in [2.05, 4.69) is 24.8 Å². The van der Waals surface area contributed by atoms with Crippen LogP contribution in [0.1, 0.15) is 36.8 Å². The van der Waals surface area contributed by atoms with Crippen LogP contribution in [0, 0.1) is 5.92 Å². The fourth-order valence-electron chi connectivity index (χ4n) is 2.80. The van der Waals surface area contributed by atoms with Gasteiger partial charge in [-0.1, -0.05) is 42.0 Å². The van der Waals surface area contributed by atoms with Crippen LogP contribution in [0.3, 0.4) is 0 Å². The molecule has 0 spiro atoms. The summed E-state index contributed by atoms with van der Waals surface area (Å²) >= 11 is 0. The highest BCUT2D eigenvalue weighted by molar-refractivity contribution is 5.37. The van der Waals surface area contributed by atoms with Gasteiger partial charge < -0.3 is 5.11 Å². The summed E-state index contributed by atoms with van der Waals surface area (Å²) < 4.78 is 36.7. The average Bonchev–Trinajstić information content (AvgIpc) is 2.54. The fraction of sp³-hybridized carbons (Fsp3) is 0.400. The van der Waals surface area contributed by atoms with Gasteiger partial charge in [0.25, 0.3) is 0 Å². The molecule has 0 amide bonds. The highest BCUT2D eigenvalue weighted by Crippen LogP contribution is 2.27. The van der Waals surface area contributed by atoms with Gasteiger partial charge in [0.2, 0.25) is 0 Å². The summed E-state index contributed by atoms with van der Waals surface area (Å²) in [6.07, 6.45) is 6.31. The molecule has 1 aliphatic carbocycles. The highest BCUT2D eigenvalue weighted by Gasteiger charge is 2.26. The Bertz CT molecular complexity index is 626. The number of alkyl halides is 3. The molecule has 0 radical (unpaired) electrons. The summed E-state index contributed by atoms with van der Waals surface area (Å²) in [4.78, 5) is 0. The lowest BCUT2D eigenvalue weighted by Gasteiger charge is -2.13. The number of rotatable bonds is 7. The lowest BCUT2D eigenvalue weighted by atomic mass is 9.93. The van der Waals surface area contributed by atoms with Crippen molar-refractivity contribution in [2.45, 2.75) is 44.7 Å². The Kier molecular flexibility index (Phi) is 6.29. The maximum atomic E-state index is 12.2. The predicted octanol–water partition coefficient (Wildman–Crippen LogP) is 5.90. The summed E-state index contributed by atoms with van der Waals surface area (Å²) in [5.41, 5.74) is 2.89. The quantitative estimate of drug-likeness (QED) is 0.615. The molecule has 1 aromatic carbocycles. The van der Waals surface area contributed by atoms with Gasteiger partial charge in [0, 0.05) is 6.42 Å². The van der Waals surface area contributed by atoms with Crippen LogP contribution >= 0.6 is 0 Å². The molecule has 4 heteroatoms. The molecule has 130 valence electrons. The number of aryl methyl sites for hydroxylation is 2. The van der Waals surface area contributed by atoms with Gasteiger partial charge in [-0.25, -0.2) is 0 Å². The SMILES string of the molecule is C=CC1C=CC(CCc2ccc(O)c(CCCC(F)(F)F)c2)=CC1. The third-order valence-corrected chi connectivity index (χ3v) is 4.27. The highest BCUT2D eigenvalue weighted by atomic mass is 19.4. The first kappa shape index (κ1) is 18.4. The number of benzene rings is 1. The van der Waals surface area contributed by atoms with Gasteiger partial charge in [0.05, 0.1) is 0 Å². The monoisotopic (exact) mass is 336 g/mol. The van der Waals surface area contributed by atoms with Crippen molar-refractivity contribution in [1.82, 2.24) is 0 Å². The molecule has 1 unspecified atom stereocenters. The van der Waals surface area contributed by atoms with Crippen LogP contribution in [0.5, 0.6) is 5.75 Å². The average molecular weight is 336 g/mol. The van der Waals surface area contributed by atoms with E-state index < -0.39 is 12.6 Å². The van der Waals surface area contributed by atoms with Crippen molar-refractivity contribution in [2.75, 3.05) is 0 Å². The predicted molar refractivity (Wildman–Crippen MR) is 90.9 cm³/mol. The Morgan fingerprint density at radius 2 is 2.00 bits per heavy atom. The van der Waals surface area contributed by atoms with E-state index >= 15 is 0 Å². The summed E-state index contributed by atoms with van der Waals surface area (Å²) in [5.74, 6) is 0.481. The Hall–Kier alpha value is -1.97. The molecule has 0 aromatic heterocycles.